The Balaban J connectivity index is 6.95. The fraction of sp³-hybridized carbons (Fsp3) is 0.974. The molecular weight excluding hydrogens is 1030 g/mol. The van der Waals surface area contributed by atoms with E-state index in [9.17, 15) is 0 Å². The van der Waals surface area contributed by atoms with Gasteiger partial charge in [0.25, 0.3) is 0 Å². The lowest BCUT2D eigenvalue weighted by Crippen LogP contribution is -2.34. The zero-order chi connectivity index (χ0) is 63.1. The van der Waals surface area contributed by atoms with Crippen LogP contribution in [0.4, 0.5) is 0 Å². The number of hydrogen-bond acceptors (Lipinski definition) is 6. The first-order valence-electron chi connectivity index (χ1n) is 37.7. The van der Waals surface area contributed by atoms with Crippen molar-refractivity contribution in [3.63, 3.8) is 0 Å². The minimum absolute atomic E-state index is 0.0904. The summed E-state index contributed by atoms with van der Waals surface area (Å²) in [5.41, 5.74) is 0.308. The molecule has 3 unspecified atom stereocenters. The van der Waals surface area contributed by atoms with Gasteiger partial charge in [0.1, 0.15) is 12.2 Å². The third-order valence-corrected chi connectivity index (χ3v) is 19.4. The Morgan fingerprint density at radius 3 is 0.726 bits per heavy atom. The lowest BCUT2D eigenvalue weighted by Gasteiger charge is -2.36. The van der Waals surface area contributed by atoms with Crippen LogP contribution in [0.25, 0.3) is 0 Å². The number of hydrogen-bond donors (Lipinski definition) is 0. The molecule has 0 heterocycles. The molecule has 0 rings (SSSR count). The molecule has 0 spiro atoms. The molecular formula is C78H156O6. The van der Waals surface area contributed by atoms with Gasteiger partial charge in [-0.25, -0.2) is 0 Å². The zero-order valence-corrected chi connectivity index (χ0v) is 61.1. The van der Waals surface area contributed by atoms with E-state index in [-0.39, 0.29) is 35.1 Å². The van der Waals surface area contributed by atoms with Gasteiger partial charge in [0.05, 0.1) is 22.9 Å². The van der Waals surface area contributed by atoms with Crippen LogP contribution in [0.5, 0.6) is 0 Å². The molecule has 0 aromatic rings. The number of ether oxygens (including phenoxy) is 6. The summed E-state index contributed by atoms with van der Waals surface area (Å²) in [5, 5.41) is 0. The number of allylic oxidation sites excluding steroid dienone is 1. The van der Waals surface area contributed by atoms with Gasteiger partial charge in [-0.05, 0) is 181 Å². The van der Waals surface area contributed by atoms with Crippen molar-refractivity contribution in [2.24, 2.45) is 16.2 Å². The van der Waals surface area contributed by atoms with Crippen molar-refractivity contribution in [1.29, 1.82) is 0 Å². The molecule has 0 saturated heterocycles. The van der Waals surface area contributed by atoms with Crippen LogP contribution in [0.1, 0.15) is 420 Å². The van der Waals surface area contributed by atoms with Crippen molar-refractivity contribution in [3.8, 4) is 0 Å². The van der Waals surface area contributed by atoms with Crippen LogP contribution in [-0.2, 0) is 28.4 Å². The van der Waals surface area contributed by atoms with Gasteiger partial charge in [0.2, 0.25) is 0 Å². The summed E-state index contributed by atoms with van der Waals surface area (Å²) in [6, 6.07) is 0. The van der Waals surface area contributed by atoms with E-state index in [0.29, 0.717) is 22.2 Å². The molecule has 3 atom stereocenters. The second kappa shape index (κ2) is 49.8. The molecule has 84 heavy (non-hydrogen) atoms. The van der Waals surface area contributed by atoms with Crippen molar-refractivity contribution in [3.05, 3.63) is 11.7 Å². The van der Waals surface area contributed by atoms with E-state index in [1.165, 1.54) is 238 Å². The van der Waals surface area contributed by atoms with Crippen LogP contribution in [0.2, 0.25) is 0 Å². The van der Waals surface area contributed by atoms with Gasteiger partial charge < -0.3 is 28.4 Å². The molecule has 0 amide bonds. The Kier molecular flexibility index (Phi) is 49.2. The van der Waals surface area contributed by atoms with Crippen LogP contribution in [0, 0.1) is 16.2 Å². The van der Waals surface area contributed by atoms with Crippen molar-refractivity contribution in [1.82, 2.24) is 0 Å². The largest absolute Gasteiger partial charge is 0.488 e. The van der Waals surface area contributed by atoms with Crippen LogP contribution < -0.4 is 0 Å². The van der Waals surface area contributed by atoms with Gasteiger partial charge in [-0.1, -0.05) is 230 Å². The molecule has 6 heteroatoms. The molecule has 0 N–H and O–H groups in total. The molecule has 0 fully saturated rings. The summed E-state index contributed by atoms with van der Waals surface area (Å²) in [6.07, 6.45) is 55.7. The molecule has 0 aliphatic rings. The van der Waals surface area contributed by atoms with Gasteiger partial charge in [-0.2, -0.15) is 0 Å². The molecule has 0 aliphatic heterocycles. The van der Waals surface area contributed by atoms with E-state index in [0.717, 1.165) is 76.9 Å². The molecule has 0 bridgehead atoms. The Morgan fingerprint density at radius 1 is 0.262 bits per heavy atom. The van der Waals surface area contributed by atoms with Crippen LogP contribution in [0.15, 0.2) is 11.7 Å². The van der Waals surface area contributed by atoms with E-state index in [4.69, 9.17) is 28.4 Å². The predicted molar refractivity (Wildman–Crippen MR) is 371 cm³/mol. The summed E-state index contributed by atoms with van der Waals surface area (Å²) in [5.74, 6) is 1.43. The lowest BCUT2D eigenvalue weighted by molar-refractivity contribution is -0.108. The zero-order valence-electron chi connectivity index (χ0n) is 61.1. The highest BCUT2D eigenvalue weighted by Crippen LogP contribution is 2.44. The van der Waals surface area contributed by atoms with Gasteiger partial charge in [-0.3, -0.25) is 0 Å². The molecule has 0 radical (unpaired) electrons. The smallest absolute Gasteiger partial charge is 0.319 e. The Morgan fingerprint density at radius 2 is 0.476 bits per heavy atom. The number of rotatable bonds is 63. The summed E-state index contributed by atoms with van der Waals surface area (Å²) in [7, 11) is 0. The Labute approximate surface area is 529 Å². The summed E-state index contributed by atoms with van der Waals surface area (Å²) < 4.78 is 42.3. The van der Waals surface area contributed by atoms with Crippen LogP contribution in [0.3, 0.4) is 0 Å². The second-order valence-electron chi connectivity index (χ2n) is 29.9. The average Bonchev–Trinajstić information content (AvgIpc) is 3.60. The Bertz CT molecular complexity index is 1370. The van der Waals surface area contributed by atoms with E-state index in [2.05, 4.69) is 132 Å². The first-order chi connectivity index (χ1) is 40.1. The van der Waals surface area contributed by atoms with Gasteiger partial charge >= 0.3 is 5.95 Å². The summed E-state index contributed by atoms with van der Waals surface area (Å²) >= 11 is 0. The van der Waals surface area contributed by atoms with Gasteiger partial charge in [0, 0.05) is 45.5 Å². The minimum Gasteiger partial charge on any atom is -0.488 e. The van der Waals surface area contributed by atoms with E-state index < -0.39 is 0 Å². The maximum Gasteiger partial charge on any atom is 0.319 e. The number of unbranched alkanes of at least 4 members (excludes halogenated alkanes) is 16. The van der Waals surface area contributed by atoms with Crippen molar-refractivity contribution in [2.45, 2.75) is 456 Å². The van der Waals surface area contributed by atoms with Crippen molar-refractivity contribution < 1.29 is 28.4 Å². The first kappa shape index (κ1) is 83.0. The third-order valence-electron chi connectivity index (χ3n) is 19.4. The molecule has 6 nitrogen and oxygen atoms in total. The SMILES string of the molecule is CCCCCCCCCCC(OC(C)CC(C)(C)OCCCC(CCCC)(CCCC)CCCC)=C(OC(C)CC(C)(C)OCCCC(CCCC)(CCCC)CCCC)OC(C)CC(C)(C)OCCCC(CCCC)(CCCC)CCCC. The summed E-state index contributed by atoms with van der Waals surface area (Å²) in [4.78, 5) is 0. The van der Waals surface area contributed by atoms with Gasteiger partial charge in [0.15, 0.2) is 5.76 Å². The van der Waals surface area contributed by atoms with E-state index in [1.807, 2.05) is 0 Å². The summed E-state index contributed by atoms with van der Waals surface area (Å²) in [6.45, 7) is 46.2. The van der Waals surface area contributed by atoms with E-state index >= 15 is 0 Å². The maximum absolute atomic E-state index is 7.24. The second-order valence-corrected chi connectivity index (χ2v) is 29.9. The monoisotopic (exact) mass is 1190 g/mol. The third kappa shape index (κ3) is 41.3. The standard InChI is InChI=1S/C78H156O6/c1-20-30-40-41-42-43-44-45-49-71(82-68(11)65-73(14,15)79-62-46-59-76(50-31-21-2,51-32-22-3)52-33-23-4)72(83-69(12)66-74(16,17)80-63-47-60-77(53-34-24-5,54-35-25-6)55-36-26-7)84-70(13)67-75(18,19)81-64-48-61-78(56-37-27-8,57-38-28-9)58-39-29-10/h68-70H,20-67H2,1-19H3. The lowest BCUT2D eigenvalue weighted by atomic mass is 9.71. The molecule has 0 aromatic heterocycles. The van der Waals surface area contributed by atoms with E-state index in [1.54, 1.807) is 0 Å². The van der Waals surface area contributed by atoms with Crippen LogP contribution >= 0.6 is 0 Å². The van der Waals surface area contributed by atoms with Crippen molar-refractivity contribution in [2.75, 3.05) is 19.8 Å². The molecule has 0 aromatic carbocycles. The quantitative estimate of drug-likeness (QED) is 0.0447. The molecule has 504 valence electrons. The molecule has 0 saturated carbocycles. The highest BCUT2D eigenvalue weighted by atomic mass is 16.7. The fourth-order valence-corrected chi connectivity index (χ4v) is 14.4. The minimum atomic E-state index is -0.360. The average molecular weight is 1190 g/mol. The van der Waals surface area contributed by atoms with Crippen LogP contribution in [-0.4, -0.2) is 54.9 Å². The first-order valence-corrected chi connectivity index (χ1v) is 37.7. The topological polar surface area (TPSA) is 55.4 Å². The van der Waals surface area contributed by atoms with Crippen molar-refractivity contribution >= 4 is 0 Å². The normalized spacial score (nSPS) is 14.0. The maximum atomic E-state index is 7.24. The van der Waals surface area contributed by atoms with Gasteiger partial charge in [-0.15, -0.1) is 0 Å². The Hall–Kier alpha value is -0.980. The highest BCUT2D eigenvalue weighted by molar-refractivity contribution is 4.99. The highest BCUT2D eigenvalue weighted by Gasteiger charge is 2.34. The predicted octanol–water partition coefficient (Wildman–Crippen LogP) is 26.5. The fourth-order valence-electron chi connectivity index (χ4n) is 14.4. The molecule has 0 aliphatic carbocycles.